The molecule has 2 aromatic rings. The van der Waals surface area contributed by atoms with Crippen molar-refractivity contribution in [2.24, 2.45) is 0 Å². The van der Waals surface area contributed by atoms with E-state index in [1.807, 2.05) is 11.8 Å². The van der Waals surface area contributed by atoms with Crippen molar-refractivity contribution in [2.45, 2.75) is 31.3 Å². The first-order valence-electron chi connectivity index (χ1n) is 6.09. The number of nitrogens with zero attached hydrogens (tertiary/aromatic N) is 2. The molecule has 0 amide bonds. The van der Waals surface area contributed by atoms with Crippen LogP contribution in [0.2, 0.25) is 5.02 Å². The molecule has 0 bridgehead atoms. The maximum atomic E-state index is 5.89. The third kappa shape index (κ3) is 3.64. The average molecular weight is 298 g/mol. The van der Waals surface area contributed by atoms with Gasteiger partial charge in [-0.1, -0.05) is 30.6 Å². The van der Waals surface area contributed by atoms with Crippen LogP contribution < -0.4 is 5.73 Å². The maximum Gasteiger partial charge on any atom is 0.260 e. The molecule has 0 spiro atoms. The summed E-state index contributed by atoms with van der Waals surface area (Å²) in [7, 11) is 0. The van der Waals surface area contributed by atoms with Gasteiger partial charge in [-0.15, -0.1) is 0 Å². The van der Waals surface area contributed by atoms with Gasteiger partial charge in [0.25, 0.3) is 5.89 Å². The van der Waals surface area contributed by atoms with Crippen LogP contribution in [0.1, 0.15) is 26.1 Å². The summed E-state index contributed by atoms with van der Waals surface area (Å²) in [6.45, 7) is 4.34. The standard InChI is InChI=1S/C13H16ClN3OS/c1-3-8(2)19-7-12-16-13(18-17-12)10-5-4-9(14)6-11(10)15/h4-6,8H,3,7,15H2,1-2H3. The molecule has 0 saturated carbocycles. The van der Waals surface area contributed by atoms with E-state index in [2.05, 4.69) is 24.0 Å². The fraction of sp³-hybridized carbons (Fsp3) is 0.385. The Morgan fingerprint density at radius 1 is 1.47 bits per heavy atom. The molecule has 1 aromatic heterocycles. The molecular formula is C13H16ClN3OS. The molecule has 2 rings (SSSR count). The molecule has 19 heavy (non-hydrogen) atoms. The number of rotatable bonds is 5. The lowest BCUT2D eigenvalue weighted by Gasteiger charge is -2.04. The first kappa shape index (κ1) is 14.2. The minimum atomic E-state index is 0.439. The predicted octanol–water partition coefficient (Wildman–Crippen LogP) is 4.00. The Kier molecular flexibility index (Phi) is 4.71. The fourth-order valence-corrected chi connectivity index (χ4v) is 2.45. The Hall–Kier alpha value is -1.20. The molecule has 1 aromatic carbocycles. The fourth-order valence-electron chi connectivity index (χ4n) is 1.48. The van der Waals surface area contributed by atoms with Crippen LogP contribution in [0.25, 0.3) is 11.5 Å². The van der Waals surface area contributed by atoms with Crippen molar-refractivity contribution in [3.05, 3.63) is 29.0 Å². The summed E-state index contributed by atoms with van der Waals surface area (Å²) >= 11 is 7.67. The van der Waals surface area contributed by atoms with E-state index in [-0.39, 0.29) is 0 Å². The van der Waals surface area contributed by atoms with Gasteiger partial charge in [-0.3, -0.25) is 0 Å². The molecule has 0 aliphatic rings. The number of hydrogen-bond donors (Lipinski definition) is 1. The number of hydrogen-bond acceptors (Lipinski definition) is 5. The quantitative estimate of drug-likeness (QED) is 0.845. The summed E-state index contributed by atoms with van der Waals surface area (Å²) in [6.07, 6.45) is 1.12. The topological polar surface area (TPSA) is 64.9 Å². The highest BCUT2D eigenvalue weighted by atomic mass is 35.5. The van der Waals surface area contributed by atoms with Crippen LogP contribution in [0, 0.1) is 0 Å². The second-order valence-corrected chi connectivity index (χ2v) is 6.14. The van der Waals surface area contributed by atoms with Gasteiger partial charge in [-0.05, 0) is 24.6 Å². The first-order chi connectivity index (χ1) is 9.10. The summed E-state index contributed by atoms with van der Waals surface area (Å²) in [5.74, 6) is 1.87. The molecule has 1 heterocycles. The number of benzene rings is 1. The van der Waals surface area contributed by atoms with E-state index in [9.17, 15) is 0 Å². The number of halogens is 1. The van der Waals surface area contributed by atoms with Crippen molar-refractivity contribution in [3.63, 3.8) is 0 Å². The average Bonchev–Trinajstić information content (AvgIpc) is 2.84. The third-order valence-corrected chi connectivity index (χ3v) is 4.35. The van der Waals surface area contributed by atoms with E-state index in [0.29, 0.717) is 27.7 Å². The van der Waals surface area contributed by atoms with Gasteiger partial charge < -0.3 is 10.3 Å². The molecular weight excluding hydrogens is 282 g/mol. The van der Waals surface area contributed by atoms with Crippen LogP contribution in [0.5, 0.6) is 0 Å². The van der Waals surface area contributed by atoms with E-state index < -0.39 is 0 Å². The second kappa shape index (κ2) is 6.30. The van der Waals surface area contributed by atoms with Gasteiger partial charge in [0.15, 0.2) is 5.82 Å². The summed E-state index contributed by atoms with van der Waals surface area (Å²) in [6, 6.07) is 5.22. The SMILES string of the molecule is CCC(C)SCc1noc(-c2ccc(Cl)cc2N)n1. The summed E-state index contributed by atoms with van der Waals surface area (Å²) in [5, 5.41) is 5.14. The van der Waals surface area contributed by atoms with Crippen molar-refractivity contribution in [1.29, 1.82) is 0 Å². The van der Waals surface area contributed by atoms with Gasteiger partial charge in [0, 0.05) is 16.0 Å². The zero-order chi connectivity index (χ0) is 13.8. The number of aromatic nitrogens is 2. The van der Waals surface area contributed by atoms with Crippen molar-refractivity contribution in [3.8, 4) is 11.5 Å². The smallest absolute Gasteiger partial charge is 0.260 e. The lowest BCUT2D eigenvalue weighted by molar-refractivity contribution is 0.425. The number of nitrogen functional groups attached to an aromatic ring is 1. The molecule has 0 radical (unpaired) electrons. The predicted molar refractivity (Wildman–Crippen MR) is 80.2 cm³/mol. The largest absolute Gasteiger partial charge is 0.398 e. The third-order valence-electron chi connectivity index (χ3n) is 2.78. The minimum Gasteiger partial charge on any atom is -0.398 e. The van der Waals surface area contributed by atoms with Crippen molar-refractivity contribution in [2.75, 3.05) is 5.73 Å². The van der Waals surface area contributed by atoms with E-state index >= 15 is 0 Å². The van der Waals surface area contributed by atoms with Crippen molar-refractivity contribution >= 4 is 29.1 Å². The molecule has 1 unspecified atom stereocenters. The summed E-state index contributed by atoms with van der Waals surface area (Å²) in [4.78, 5) is 4.36. The number of anilines is 1. The van der Waals surface area contributed by atoms with Crippen LogP contribution in [0.3, 0.4) is 0 Å². The van der Waals surface area contributed by atoms with Gasteiger partial charge in [-0.25, -0.2) is 0 Å². The lowest BCUT2D eigenvalue weighted by atomic mass is 10.2. The Morgan fingerprint density at radius 2 is 2.26 bits per heavy atom. The molecule has 0 fully saturated rings. The molecule has 102 valence electrons. The first-order valence-corrected chi connectivity index (χ1v) is 7.52. The van der Waals surface area contributed by atoms with Gasteiger partial charge in [0.1, 0.15) is 0 Å². The zero-order valence-electron chi connectivity index (χ0n) is 10.9. The number of thioether (sulfide) groups is 1. The van der Waals surface area contributed by atoms with Gasteiger partial charge in [0.05, 0.1) is 11.3 Å². The second-order valence-electron chi connectivity index (χ2n) is 4.28. The molecule has 2 N–H and O–H groups in total. The Bertz CT molecular complexity index is 559. The van der Waals surface area contributed by atoms with E-state index in [1.54, 1.807) is 18.2 Å². The minimum absolute atomic E-state index is 0.439. The molecule has 6 heteroatoms. The Labute approximate surface area is 121 Å². The molecule has 0 aliphatic carbocycles. The van der Waals surface area contributed by atoms with Crippen LogP contribution >= 0.6 is 23.4 Å². The maximum absolute atomic E-state index is 5.89. The molecule has 4 nitrogen and oxygen atoms in total. The van der Waals surface area contributed by atoms with E-state index in [4.69, 9.17) is 21.9 Å². The summed E-state index contributed by atoms with van der Waals surface area (Å²) in [5.41, 5.74) is 7.15. The highest BCUT2D eigenvalue weighted by Gasteiger charge is 2.12. The highest BCUT2D eigenvalue weighted by Crippen LogP contribution is 2.28. The van der Waals surface area contributed by atoms with Crippen LogP contribution in [0.15, 0.2) is 22.7 Å². The molecule has 1 atom stereocenters. The zero-order valence-corrected chi connectivity index (χ0v) is 12.5. The van der Waals surface area contributed by atoms with Crippen LogP contribution in [0.4, 0.5) is 5.69 Å². The Balaban J connectivity index is 2.12. The van der Waals surface area contributed by atoms with Crippen LogP contribution in [-0.2, 0) is 5.75 Å². The van der Waals surface area contributed by atoms with Crippen molar-refractivity contribution < 1.29 is 4.52 Å². The summed E-state index contributed by atoms with van der Waals surface area (Å²) < 4.78 is 5.24. The molecule has 0 saturated heterocycles. The highest BCUT2D eigenvalue weighted by molar-refractivity contribution is 7.99. The van der Waals surface area contributed by atoms with E-state index in [1.165, 1.54) is 0 Å². The number of nitrogens with two attached hydrogens (primary N) is 1. The monoisotopic (exact) mass is 297 g/mol. The molecule has 0 aliphatic heterocycles. The van der Waals surface area contributed by atoms with Crippen LogP contribution in [-0.4, -0.2) is 15.4 Å². The van der Waals surface area contributed by atoms with Gasteiger partial charge in [0.2, 0.25) is 0 Å². The van der Waals surface area contributed by atoms with Gasteiger partial charge >= 0.3 is 0 Å². The van der Waals surface area contributed by atoms with Gasteiger partial charge in [-0.2, -0.15) is 16.7 Å². The lowest BCUT2D eigenvalue weighted by Crippen LogP contribution is -1.95. The van der Waals surface area contributed by atoms with Crippen molar-refractivity contribution in [1.82, 2.24) is 10.1 Å². The Morgan fingerprint density at radius 3 is 2.95 bits per heavy atom. The van der Waals surface area contributed by atoms with E-state index in [0.717, 1.165) is 17.7 Å². The normalized spacial score (nSPS) is 12.6.